The Morgan fingerprint density at radius 2 is 2.07 bits per heavy atom. The van der Waals surface area contributed by atoms with Gasteiger partial charge in [0.05, 0.1) is 12.2 Å². The largest absolute Gasteiger partial charge is 0.481 e. The average Bonchev–Trinajstić information content (AvgIpc) is 2.67. The van der Waals surface area contributed by atoms with Gasteiger partial charge in [0.1, 0.15) is 11.3 Å². The normalized spacial score (nSPS) is 12.0. The maximum absolute atomic E-state index is 12.6. The van der Waals surface area contributed by atoms with E-state index in [2.05, 4.69) is 4.98 Å². The van der Waals surface area contributed by atoms with Crippen molar-refractivity contribution in [2.45, 2.75) is 32.9 Å². The van der Waals surface area contributed by atoms with E-state index < -0.39 is 11.7 Å². The Balaban J connectivity index is 1.74. The van der Waals surface area contributed by atoms with Crippen molar-refractivity contribution >= 4 is 16.9 Å². The van der Waals surface area contributed by atoms with Crippen molar-refractivity contribution in [3.8, 4) is 5.75 Å². The van der Waals surface area contributed by atoms with Crippen LogP contribution in [-0.4, -0.2) is 28.9 Å². The standard InChI is InChI=1S/C21H22N2O4/c1-4-15-11-20(24)27-19-12-17(8-9-18(15)19)26-14(2)21(25)23(3)13-16-7-5-6-10-22-16/h5-12,14H,4,13H2,1-3H3. The zero-order valence-corrected chi connectivity index (χ0v) is 15.6. The highest BCUT2D eigenvalue weighted by molar-refractivity contribution is 5.83. The van der Waals surface area contributed by atoms with Crippen molar-refractivity contribution in [3.05, 3.63) is 70.3 Å². The zero-order valence-electron chi connectivity index (χ0n) is 15.6. The van der Waals surface area contributed by atoms with Gasteiger partial charge >= 0.3 is 5.63 Å². The molecule has 6 heteroatoms. The average molecular weight is 366 g/mol. The van der Waals surface area contributed by atoms with E-state index >= 15 is 0 Å². The number of hydrogen-bond acceptors (Lipinski definition) is 5. The van der Waals surface area contributed by atoms with Crippen LogP contribution in [0.4, 0.5) is 0 Å². The maximum atomic E-state index is 12.6. The number of aryl methyl sites for hydroxylation is 1. The van der Waals surface area contributed by atoms with E-state index in [1.54, 1.807) is 37.2 Å². The van der Waals surface area contributed by atoms with Gasteiger partial charge in [-0.1, -0.05) is 13.0 Å². The first-order valence-electron chi connectivity index (χ1n) is 8.86. The Morgan fingerprint density at radius 3 is 2.78 bits per heavy atom. The number of ether oxygens (including phenoxy) is 1. The molecule has 0 saturated heterocycles. The first-order chi connectivity index (χ1) is 13.0. The quantitative estimate of drug-likeness (QED) is 0.627. The minimum absolute atomic E-state index is 0.162. The smallest absolute Gasteiger partial charge is 0.336 e. The van der Waals surface area contributed by atoms with Crippen molar-refractivity contribution in [1.82, 2.24) is 9.88 Å². The minimum atomic E-state index is -0.683. The lowest BCUT2D eigenvalue weighted by atomic mass is 10.1. The molecule has 1 atom stereocenters. The molecule has 0 aliphatic rings. The van der Waals surface area contributed by atoms with Gasteiger partial charge in [-0.3, -0.25) is 9.78 Å². The molecule has 0 bridgehead atoms. The van der Waals surface area contributed by atoms with Gasteiger partial charge in [0.25, 0.3) is 5.91 Å². The fourth-order valence-corrected chi connectivity index (χ4v) is 2.95. The molecular weight excluding hydrogens is 344 g/mol. The van der Waals surface area contributed by atoms with Crippen LogP contribution in [0.25, 0.3) is 11.0 Å². The molecule has 0 N–H and O–H groups in total. The number of benzene rings is 1. The van der Waals surface area contributed by atoms with Gasteiger partial charge in [-0.05, 0) is 43.2 Å². The maximum Gasteiger partial charge on any atom is 0.336 e. The minimum Gasteiger partial charge on any atom is -0.481 e. The molecule has 0 saturated carbocycles. The lowest BCUT2D eigenvalue weighted by Gasteiger charge is -2.22. The number of amides is 1. The van der Waals surface area contributed by atoms with Crippen LogP contribution in [0.1, 0.15) is 25.1 Å². The fourth-order valence-electron chi connectivity index (χ4n) is 2.95. The second-order valence-electron chi connectivity index (χ2n) is 6.38. The van der Waals surface area contributed by atoms with Crippen LogP contribution >= 0.6 is 0 Å². The topological polar surface area (TPSA) is 72.6 Å². The Bertz CT molecular complexity index is 998. The summed E-state index contributed by atoms with van der Waals surface area (Å²) < 4.78 is 11.1. The van der Waals surface area contributed by atoms with E-state index in [1.807, 2.05) is 31.2 Å². The summed E-state index contributed by atoms with van der Waals surface area (Å²) >= 11 is 0. The number of likely N-dealkylation sites (N-methyl/N-ethyl adjacent to an activating group) is 1. The third kappa shape index (κ3) is 4.34. The lowest BCUT2D eigenvalue weighted by molar-refractivity contribution is -0.137. The highest BCUT2D eigenvalue weighted by Gasteiger charge is 2.20. The molecule has 3 aromatic rings. The number of rotatable bonds is 6. The highest BCUT2D eigenvalue weighted by Crippen LogP contribution is 2.24. The van der Waals surface area contributed by atoms with Crippen LogP contribution in [0.2, 0.25) is 0 Å². The van der Waals surface area contributed by atoms with E-state index in [0.29, 0.717) is 17.9 Å². The summed E-state index contributed by atoms with van der Waals surface area (Å²) in [4.78, 5) is 30.1. The van der Waals surface area contributed by atoms with Gasteiger partial charge in [-0.25, -0.2) is 4.79 Å². The Labute approximate surface area is 157 Å². The van der Waals surface area contributed by atoms with Crippen molar-refractivity contribution < 1.29 is 13.9 Å². The molecule has 0 spiro atoms. The molecule has 0 fully saturated rings. The van der Waals surface area contributed by atoms with E-state index in [0.717, 1.165) is 23.1 Å². The molecule has 6 nitrogen and oxygen atoms in total. The number of nitrogens with zero attached hydrogens (tertiary/aromatic N) is 2. The second-order valence-corrected chi connectivity index (χ2v) is 6.38. The number of pyridine rings is 1. The summed E-state index contributed by atoms with van der Waals surface area (Å²) in [6.07, 6.45) is 1.74. The van der Waals surface area contributed by atoms with Gasteiger partial charge in [-0.2, -0.15) is 0 Å². The van der Waals surface area contributed by atoms with Crippen LogP contribution in [0.3, 0.4) is 0 Å². The van der Waals surface area contributed by atoms with Gasteiger partial charge < -0.3 is 14.1 Å². The predicted octanol–water partition coefficient (Wildman–Crippen LogP) is 3.18. The van der Waals surface area contributed by atoms with Crippen molar-refractivity contribution in [2.24, 2.45) is 0 Å². The van der Waals surface area contributed by atoms with Crippen LogP contribution in [-0.2, 0) is 17.8 Å². The van der Waals surface area contributed by atoms with Crippen LogP contribution in [0.5, 0.6) is 5.75 Å². The molecule has 3 rings (SSSR count). The lowest BCUT2D eigenvalue weighted by Crippen LogP contribution is -2.37. The number of aromatic nitrogens is 1. The molecular formula is C21H22N2O4. The van der Waals surface area contributed by atoms with Crippen LogP contribution in [0, 0.1) is 0 Å². The summed E-state index contributed by atoms with van der Waals surface area (Å²) in [5.41, 5.74) is 1.79. The molecule has 27 heavy (non-hydrogen) atoms. The summed E-state index contributed by atoms with van der Waals surface area (Å²) in [6.45, 7) is 4.08. The summed E-state index contributed by atoms with van der Waals surface area (Å²) in [6, 6.07) is 12.4. The van der Waals surface area contributed by atoms with E-state index in [1.165, 1.54) is 6.07 Å². The van der Waals surface area contributed by atoms with Crippen molar-refractivity contribution in [3.63, 3.8) is 0 Å². The molecule has 2 heterocycles. The Morgan fingerprint density at radius 1 is 1.26 bits per heavy atom. The number of carbonyl (C=O) groups is 1. The highest BCUT2D eigenvalue weighted by atomic mass is 16.5. The number of carbonyl (C=O) groups excluding carboxylic acids is 1. The number of fused-ring (bicyclic) bond motifs is 1. The second kappa shape index (κ2) is 8.03. The molecule has 0 aliphatic heterocycles. The zero-order chi connectivity index (χ0) is 19.4. The summed E-state index contributed by atoms with van der Waals surface area (Å²) in [5, 5.41) is 0.871. The van der Waals surface area contributed by atoms with Crippen molar-refractivity contribution in [2.75, 3.05) is 7.05 Å². The van der Waals surface area contributed by atoms with E-state index in [4.69, 9.17) is 9.15 Å². The predicted molar refractivity (Wildman–Crippen MR) is 103 cm³/mol. The van der Waals surface area contributed by atoms with E-state index in [-0.39, 0.29) is 5.91 Å². The summed E-state index contributed by atoms with van der Waals surface area (Å²) in [7, 11) is 1.71. The molecule has 2 aromatic heterocycles. The first kappa shape index (κ1) is 18.6. The summed E-state index contributed by atoms with van der Waals surface area (Å²) in [5.74, 6) is 0.315. The fraction of sp³-hybridized carbons (Fsp3) is 0.286. The SMILES string of the molecule is CCc1cc(=O)oc2cc(OC(C)C(=O)N(C)Cc3ccccn3)ccc12. The Kier molecular flexibility index (Phi) is 5.54. The van der Waals surface area contributed by atoms with Gasteiger partial charge in [-0.15, -0.1) is 0 Å². The van der Waals surface area contributed by atoms with Crippen LogP contribution in [0.15, 0.2) is 57.9 Å². The van der Waals surface area contributed by atoms with Crippen LogP contribution < -0.4 is 10.4 Å². The monoisotopic (exact) mass is 366 g/mol. The van der Waals surface area contributed by atoms with Gasteiger partial charge in [0.15, 0.2) is 6.10 Å². The van der Waals surface area contributed by atoms with Gasteiger partial charge in [0, 0.05) is 30.8 Å². The Hall–Kier alpha value is -3.15. The molecule has 140 valence electrons. The molecule has 1 unspecified atom stereocenters. The first-order valence-corrected chi connectivity index (χ1v) is 8.86. The third-order valence-corrected chi connectivity index (χ3v) is 4.34. The molecule has 0 aliphatic carbocycles. The molecule has 1 aromatic carbocycles. The number of hydrogen-bond donors (Lipinski definition) is 0. The van der Waals surface area contributed by atoms with E-state index in [9.17, 15) is 9.59 Å². The van der Waals surface area contributed by atoms with Gasteiger partial charge in [0.2, 0.25) is 0 Å². The molecule has 1 amide bonds. The molecule has 0 radical (unpaired) electrons. The third-order valence-electron chi connectivity index (χ3n) is 4.34. The van der Waals surface area contributed by atoms with Crippen molar-refractivity contribution in [1.29, 1.82) is 0 Å².